The number of amides is 1. The summed E-state index contributed by atoms with van der Waals surface area (Å²) in [4.78, 5) is 11.1. The van der Waals surface area contributed by atoms with Crippen molar-refractivity contribution in [2.45, 2.75) is 25.0 Å². The Balaban J connectivity index is 2.34. The summed E-state index contributed by atoms with van der Waals surface area (Å²) in [5, 5.41) is 17.9. The maximum absolute atomic E-state index is 11.1. The zero-order chi connectivity index (χ0) is 12.5. The minimum absolute atomic E-state index is 0.0337. The molecule has 8 heteroatoms. The van der Waals surface area contributed by atoms with Crippen molar-refractivity contribution in [1.82, 2.24) is 30.8 Å². The Labute approximate surface area is 105 Å². The van der Waals surface area contributed by atoms with Crippen molar-refractivity contribution < 1.29 is 4.79 Å². The van der Waals surface area contributed by atoms with Gasteiger partial charge in [-0.1, -0.05) is 18.7 Å². The van der Waals surface area contributed by atoms with E-state index in [0.717, 1.165) is 19.5 Å². The molecule has 0 unspecified atom stereocenters. The predicted molar refractivity (Wildman–Crippen MR) is 65.8 cm³/mol. The van der Waals surface area contributed by atoms with Crippen LogP contribution in [0.5, 0.6) is 0 Å². The summed E-state index contributed by atoms with van der Waals surface area (Å²) in [6.07, 6.45) is 1.11. The summed E-state index contributed by atoms with van der Waals surface area (Å²) in [6, 6.07) is 0. The van der Waals surface area contributed by atoms with Crippen molar-refractivity contribution in [2.24, 2.45) is 0 Å². The Bertz CT molecular complexity index is 342. The molecule has 7 nitrogen and oxygen atoms in total. The zero-order valence-corrected chi connectivity index (χ0v) is 11.0. The van der Waals surface area contributed by atoms with Gasteiger partial charge in [0.1, 0.15) is 0 Å². The highest BCUT2D eigenvalue weighted by molar-refractivity contribution is 7.99. The Morgan fingerprint density at radius 3 is 3.00 bits per heavy atom. The van der Waals surface area contributed by atoms with E-state index >= 15 is 0 Å². The monoisotopic (exact) mass is 258 g/mol. The fraction of sp³-hybridized carbons (Fsp3) is 0.778. The van der Waals surface area contributed by atoms with E-state index < -0.39 is 0 Å². The zero-order valence-electron chi connectivity index (χ0n) is 10.1. The van der Waals surface area contributed by atoms with E-state index in [1.807, 2.05) is 0 Å². The third kappa shape index (κ3) is 5.14. The molecule has 1 aromatic rings. The molecule has 1 heterocycles. The van der Waals surface area contributed by atoms with Gasteiger partial charge in [-0.25, -0.2) is 4.68 Å². The summed E-state index contributed by atoms with van der Waals surface area (Å²) in [5.41, 5.74) is 0. The van der Waals surface area contributed by atoms with E-state index in [1.165, 1.54) is 11.8 Å². The smallest absolute Gasteiger partial charge is 0.230 e. The van der Waals surface area contributed by atoms with Crippen LogP contribution in [0.1, 0.15) is 13.3 Å². The summed E-state index contributed by atoms with van der Waals surface area (Å²) in [5.74, 6) is 0.299. The van der Waals surface area contributed by atoms with Crippen molar-refractivity contribution in [1.29, 1.82) is 0 Å². The fourth-order valence-corrected chi connectivity index (χ4v) is 1.90. The lowest BCUT2D eigenvalue weighted by atomic mass is 10.5. The highest BCUT2D eigenvalue weighted by atomic mass is 32.2. The Morgan fingerprint density at radius 2 is 2.29 bits per heavy atom. The van der Waals surface area contributed by atoms with E-state index in [2.05, 4.69) is 33.1 Å². The molecule has 0 atom stereocenters. The van der Waals surface area contributed by atoms with E-state index in [4.69, 9.17) is 0 Å². The number of hydrogen-bond donors (Lipinski definition) is 2. The second kappa shape index (κ2) is 8.02. The maximum atomic E-state index is 11.1. The number of nitrogens with one attached hydrogen (secondary N) is 2. The fourth-order valence-electron chi connectivity index (χ4n) is 1.13. The lowest BCUT2D eigenvalue weighted by Gasteiger charge is -2.04. The summed E-state index contributed by atoms with van der Waals surface area (Å²) < 4.78 is 1.70. The third-order valence-corrected chi connectivity index (χ3v) is 2.99. The van der Waals surface area contributed by atoms with E-state index in [-0.39, 0.29) is 5.91 Å². The van der Waals surface area contributed by atoms with Gasteiger partial charge in [0.2, 0.25) is 11.1 Å². The largest absolute Gasteiger partial charge is 0.358 e. The molecule has 0 fully saturated rings. The quantitative estimate of drug-likeness (QED) is 0.483. The van der Waals surface area contributed by atoms with Crippen LogP contribution in [-0.4, -0.2) is 52.0 Å². The van der Waals surface area contributed by atoms with Crippen LogP contribution in [0.4, 0.5) is 0 Å². The van der Waals surface area contributed by atoms with Gasteiger partial charge in [-0.05, 0) is 23.4 Å². The first-order chi connectivity index (χ1) is 8.27. The summed E-state index contributed by atoms with van der Waals surface area (Å²) >= 11 is 1.34. The van der Waals surface area contributed by atoms with Crippen LogP contribution in [-0.2, 0) is 11.3 Å². The predicted octanol–water partition coefficient (Wildman–Crippen LogP) is -0.489. The van der Waals surface area contributed by atoms with Crippen LogP contribution >= 0.6 is 11.8 Å². The van der Waals surface area contributed by atoms with E-state index in [0.29, 0.717) is 17.5 Å². The number of nitrogens with zero attached hydrogens (tertiary/aromatic N) is 4. The molecule has 17 heavy (non-hydrogen) atoms. The number of carbonyl (C=O) groups is 1. The number of hydrogen-bond acceptors (Lipinski definition) is 6. The first-order valence-electron chi connectivity index (χ1n) is 5.58. The van der Waals surface area contributed by atoms with Crippen molar-refractivity contribution in [3.8, 4) is 0 Å². The van der Waals surface area contributed by atoms with Crippen molar-refractivity contribution in [3.63, 3.8) is 0 Å². The first-order valence-corrected chi connectivity index (χ1v) is 6.56. The maximum Gasteiger partial charge on any atom is 0.230 e. The summed E-state index contributed by atoms with van der Waals surface area (Å²) in [7, 11) is 1.61. The summed E-state index contributed by atoms with van der Waals surface area (Å²) in [6.45, 7) is 4.65. The van der Waals surface area contributed by atoms with E-state index in [1.54, 1.807) is 11.7 Å². The van der Waals surface area contributed by atoms with Gasteiger partial charge in [-0.3, -0.25) is 4.79 Å². The number of aromatic nitrogens is 4. The van der Waals surface area contributed by atoms with Crippen LogP contribution in [0, 0.1) is 0 Å². The molecule has 2 N–H and O–H groups in total. The molecule has 0 aliphatic carbocycles. The van der Waals surface area contributed by atoms with Crippen molar-refractivity contribution >= 4 is 17.7 Å². The van der Waals surface area contributed by atoms with Gasteiger partial charge in [0.15, 0.2) is 0 Å². The lowest BCUT2D eigenvalue weighted by Crippen LogP contribution is -2.22. The van der Waals surface area contributed by atoms with Crippen molar-refractivity contribution in [2.75, 3.05) is 25.9 Å². The lowest BCUT2D eigenvalue weighted by molar-refractivity contribution is -0.118. The molecule has 0 aromatic carbocycles. The molecule has 1 amide bonds. The van der Waals surface area contributed by atoms with Gasteiger partial charge in [-0.15, -0.1) is 5.10 Å². The van der Waals surface area contributed by atoms with Crippen molar-refractivity contribution in [3.05, 3.63) is 0 Å². The number of tetrazole rings is 1. The highest BCUT2D eigenvalue weighted by Crippen LogP contribution is 2.12. The molecule has 0 spiro atoms. The highest BCUT2D eigenvalue weighted by Gasteiger charge is 2.08. The van der Waals surface area contributed by atoms with Gasteiger partial charge in [0, 0.05) is 13.6 Å². The molecular formula is C9H18N6OS. The van der Waals surface area contributed by atoms with Gasteiger partial charge in [0.05, 0.1) is 12.3 Å². The molecule has 0 saturated carbocycles. The molecule has 1 aromatic heterocycles. The Kier molecular flexibility index (Phi) is 6.56. The van der Waals surface area contributed by atoms with Crippen LogP contribution in [0.25, 0.3) is 0 Å². The van der Waals surface area contributed by atoms with Crippen LogP contribution < -0.4 is 10.6 Å². The second-order valence-corrected chi connectivity index (χ2v) is 4.34. The first kappa shape index (κ1) is 13.9. The van der Waals surface area contributed by atoms with E-state index in [9.17, 15) is 4.79 Å². The number of carbonyl (C=O) groups excluding carboxylic acids is 1. The average Bonchev–Trinajstić information content (AvgIpc) is 2.79. The standard InChI is InChI=1S/C9H18N6OS/c1-3-4-11-5-6-15-9(12-13-14-15)17-7-8(16)10-2/h11H,3-7H2,1-2H3,(H,10,16). The third-order valence-electron chi connectivity index (χ3n) is 2.04. The molecule has 0 aliphatic rings. The van der Waals surface area contributed by atoms with Crippen LogP contribution in [0.2, 0.25) is 0 Å². The van der Waals surface area contributed by atoms with Crippen LogP contribution in [0.15, 0.2) is 5.16 Å². The Hall–Kier alpha value is -1.15. The van der Waals surface area contributed by atoms with Gasteiger partial charge in [0.25, 0.3) is 0 Å². The normalized spacial score (nSPS) is 10.5. The molecule has 96 valence electrons. The Morgan fingerprint density at radius 1 is 1.47 bits per heavy atom. The molecule has 0 radical (unpaired) electrons. The molecule has 0 bridgehead atoms. The van der Waals surface area contributed by atoms with Gasteiger partial charge in [-0.2, -0.15) is 0 Å². The van der Waals surface area contributed by atoms with Gasteiger partial charge < -0.3 is 10.6 Å². The van der Waals surface area contributed by atoms with Crippen LogP contribution in [0.3, 0.4) is 0 Å². The minimum Gasteiger partial charge on any atom is -0.358 e. The average molecular weight is 258 g/mol. The molecule has 0 aliphatic heterocycles. The minimum atomic E-state index is -0.0337. The second-order valence-electron chi connectivity index (χ2n) is 3.40. The SMILES string of the molecule is CCCNCCn1nnnc1SCC(=O)NC. The molecular weight excluding hydrogens is 240 g/mol. The van der Waals surface area contributed by atoms with Gasteiger partial charge >= 0.3 is 0 Å². The number of rotatable bonds is 8. The number of thioether (sulfide) groups is 1. The molecule has 0 saturated heterocycles. The topological polar surface area (TPSA) is 84.7 Å². The molecule has 1 rings (SSSR count).